The summed E-state index contributed by atoms with van der Waals surface area (Å²) in [5, 5.41) is 5.50. The predicted molar refractivity (Wildman–Crippen MR) is 120 cm³/mol. The number of amides is 2. The average molecular weight is 430 g/mol. The van der Waals surface area contributed by atoms with Gasteiger partial charge in [0.1, 0.15) is 5.75 Å². The molecule has 1 aliphatic carbocycles. The highest BCUT2D eigenvalue weighted by Crippen LogP contribution is 2.30. The molecule has 0 bridgehead atoms. The summed E-state index contributed by atoms with van der Waals surface area (Å²) >= 11 is 0. The molecule has 0 radical (unpaired) electrons. The fourth-order valence-electron chi connectivity index (χ4n) is 2.95. The topological polar surface area (TPSA) is 93.7 Å². The summed E-state index contributed by atoms with van der Waals surface area (Å²) in [5.74, 6) is 0.0827. The summed E-state index contributed by atoms with van der Waals surface area (Å²) in [7, 11) is 0. The van der Waals surface area contributed by atoms with E-state index >= 15 is 0 Å². The summed E-state index contributed by atoms with van der Waals surface area (Å²) in [6.07, 6.45) is 1.84. The number of carbonyl (C=O) groups excluding carboxylic acids is 3. The molecule has 0 aliphatic heterocycles. The molecule has 0 unspecified atom stereocenters. The van der Waals surface area contributed by atoms with Crippen LogP contribution in [-0.4, -0.2) is 24.4 Å². The smallest absolute Gasteiger partial charge is 0.338 e. The first kappa shape index (κ1) is 21.1. The first-order valence-electron chi connectivity index (χ1n) is 10.3. The summed E-state index contributed by atoms with van der Waals surface area (Å²) in [6, 6.07) is 22.6. The van der Waals surface area contributed by atoms with Gasteiger partial charge < -0.3 is 20.1 Å². The van der Waals surface area contributed by atoms with Gasteiger partial charge in [-0.2, -0.15) is 0 Å². The maximum atomic E-state index is 12.3. The average Bonchev–Trinajstić information content (AvgIpc) is 3.66. The molecule has 0 aromatic heterocycles. The van der Waals surface area contributed by atoms with E-state index in [0.717, 1.165) is 12.8 Å². The third-order valence-electron chi connectivity index (χ3n) is 4.80. The van der Waals surface area contributed by atoms with Gasteiger partial charge in [0.25, 0.3) is 5.91 Å². The molecule has 0 heterocycles. The second kappa shape index (κ2) is 9.78. The van der Waals surface area contributed by atoms with Crippen LogP contribution in [-0.2, 0) is 14.3 Å². The number of rotatable bonds is 8. The van der Waals surface area contributed by atoms with Gasteiger partial charge in [-0.05, 0) is 61.4 Å². The van der Waals surface area contributed by atoms with Crippen LogP contribution in [0, 0.1) is 5.92 Å². The third kappa shape index (κ3) is 5.72. The number of benzene rings is 3. The quantitative estimate of drug-likeness (QED) is 0.509. The molecule has 2 amide bonds. The second-order valence-electron chi connectivity index (χ2n) is 7.38. The van der Waals surface area contributed by atoms with E-state index in [1.54, 1.807) is 48.5 Å². The Hall–Kier alpha value is -4.13. The zero-order valence-corrected chi connectivity index (χ0v) is 17.2. The summed E-state index contributed by atoms with van der Waals surface area (Å²) in [5.41, 5.74) is 1.37. The number of esters is 1. The van der Waals surface area contributed by atoms with Gasteiger partial charge in [-0.15, -0.1) is 0 Å². The van der Waals surface area contributed by atoms with Gasteiger partial charge >= 0.3 is 5.97 Å². The van der Waals surface area contributed by atoms with Crippen LogP contribution in [0.5, 0.6) is 11.5 Å². The Morgan fingerprint density at radius 2 is 1.50 bits per heavy atom. The van der Waals surface area contributed by atoms with E-state index in [-0.39, 0.29) is 17.4 Å². The Morgan fingerprint density at radius 1 is 0.812 bits per heavy atom. The molecule has 162 valence electrons. The van der Waals surface area contributed by atoms with Crippen LogP contribution in [0.2, 0.25) is 0 Å². The fraction of sp³-hybridized carbons (Fsp3) is 0.160. The highest BCUT2D eigenvalue weighted by Gasteiger charge is 2.29. The lowest BCUT2D eigenvalue weighted by molar-refractivity contribution is -0.119. The van der Waals surface area contributed by atoms with Gasteiger partial charge in [0.15, 0.2) is 12.4 Å². The van der Waals surface area contributed by atoms with E-state index in [9.17, 15) is 14.4 Å². The lowest BCUT2D eigenvalue weighted by Crippen LogP contribution is -2.21. The standard InChI is InChI=1S/C25H22N2O5/c28-23(27-21-8-4-5-9-22(21)32-20-6-2-1-3-7-20)16-31-25(30)18-12-14-19(15-13-18)26-24(29)17-10-11-17/h1-9,12-15,17H,10-11,16H2,(H,26,29)(H,27,28). The highest BCUT2D eigenvalue weighted by molar-refractivity contribution is 5.97. The number of carbonyl (C=O) groups is 3. The minimum Gasteiger partial charge on any atom is -0.455 e. The Bertz CT molecular complexity index is 1110. The van der Waals surface area contributed by atoms with Crippen LogP contribution in [0.3, 0.4) is 0 Å². The Morgan fingerprint density at radius 3 is 2.22 bits per heavy atom. The van der Waals surface area contributed by atoms with Crippen LogP contribution in [0.1, 0.15) is 23.2 Å². The van der Waals surface area contributed by atoms with Crippen molar-refractivity contribution in [3.8, 4) is 11.5 Å². The largest absolute Gasteiger partial charge is 0.455 e. The van der Waals surface area contributed by atoms with Gasteiger partial charge in [-0.1, -0.05) is 30.3 Å². The summed E-state index contributed by atoms with van der Waals surface area (Å²) in [6.45, 7) is -0.446. The highest BCUT2D eigenvalue weighted by atomic mass is 16.5. The van der Waals surface area contributed by atoms with Crippen molar-refractivity contribution in [2.24, 2.45) is 5.92 Å². The molecule has 0 atom stereocenters. The van der Waals surface area contributed by atoms with Crippen molar-refractivity contribution < 1.29 is 23.9 Å². The molecule has 1 saturated carbocycles. The van der Waals surface area contributed by atoms with E-state index < -0.39 is 18.5 Å². The molecule has 4 rings (SSSR count). The van der Waals surface area contributed by atoms with Crippen molar-refractivity contribution in [3.05, 3.63) is 84.4 Å². The molecule has 32 heavy (non-hydrogen) atoms. The lowest BCUT2D eigenvalue weighted by atomic mass is 10.2. The minimum atomic E-state index is -0.631. The Kier molecular flexibility index (Phi) is 6.46. The minimum absolute atomic E-state index is 0.00600. The summed E-state index contributed by atoms with van der Waals surface area (Å²) in [4.78, 5) is 36.3. The van der Waals surface area contributed by atoms with Gasteiger partial charge in [-0.3, -0.25) is 9.59 Å². The molecule has 3 aromatic rings. The molecule has 3 aromatic carbocycles. The number of ether oxygens (including phenoxy) is 2. The maximum Gasteiger partial charge on any atom is 0.338 e. The van der Waals surface area contributed by atoms with E-state index in [4.69, 9.17) is 9.47 Å². The van der Waals surface area contributed by atoms with Crippen LogP contribution >= 0.6 is 0 Å². The van der Waals surface area contributed by atoms with Crippen molar-refractivity contribution >= 4 is 29.2 Å². The van der Waals surface area contributed by atoms with Crippen LogP contribution < -0.4 is 15.4 Å². The van der Waals surface area contributed by atoms with E-state index in [1.807, 2.05) is 30.3 Å². The number of hydrogen-bond acceptors (Lipinski definition) is 5. The molecule has 0 saturated heterocycles. The molecule has 7 heteroatoms. The SMILES string of the molecule is O=C(COC(=O)c1ccc(NC(=O)C2CC2)cc1)Nc1ccccc1Oc1ccccc1. The van der Waals surface area contributed by atoms with Crippen LogP contribution in [0.15, 0.2) is 78.9 Å². The molecule has 1 aliphatic rings. The second-order valence-corrected chi connectivity index (χ2v) is 7.38. The zero-order valence-electron chi connectivity index (χ0n) is 17.2. The number of para-hydroxylation sites is 3. The molecular formula is C25H22N2O5. The Labute approximate surface area is 185 Å². The van der Waals surface area contributed by atoms with E-state index in [2.05, 4.69) is 10.6 Å². The van der Waals surface area contributed by atoms with Gasteiger partial charge in [0, 0.05) is 11.6 Å². The number of nitrogens with one attached hydrogen (secondary N) is 2. The first-order chi connectivity index (χ1) is 15.6. The van der Waals surface area contributed by atoms with Crippen LogP contribution in [0.4, 0.5) is 11.4 Å². The number of hydrogen-bond donors (Lipinski definition) is 2. The fourth-order valence-corrected chi connectivity index (χ4v) is 2.95. The first-order valence-corrected chi connectivity index (χ1v) is 10.3. The maximum absolute atomic E-state index is 12.3. The van der Waals surface area contributed by atoms with Crippen molar-refractivity contribution in [3.63, 3.8) is 0 Å². The van der Waals surface area contributed by atoms with Gasteiger partial charge in [0.05, 0.1) is 11.3 Å². The van der Waals surface area contributed by atoms with Gasteiger partial charge in [0.2, 0.25) is 5.91 Å². The molecule has 1 fully saturated rings. The molecule has 2 N–H and O–H groups in total. The molecule has 7 nitrogen and oxygen atoms in total. The lowest BCUT2D eigenvalue weighted by Gasteiger charge is -2.12. The molecule has 0 spiro atoms. The zero-order chi connectivity index (χ0) is 22.3. The number of anilines is 2. The van der Waals surface area contributed by atoms with E-state index in [0.29, 0.717) is 22.9 Å². The van der Waals surface area contributed by atoms with Crippen molar-refractivity contribution in [1.82, 2.24) is 0 Å². The third-order valence-corrected chi connectivity index (χ3v) is 4.80. The Balaban J connectivity index is 1.29. The van der Waals surface area contributed by atoms with E-state index in [1.165, 1.54) is 0 Å². The van der Waals surface area contributed by atoms with Crippen LogP contribution in [0.25, 0.3) is 0 Å². The summed E-state index contributed by atoms with van der Waals surface area (Å²) < 4.78 is 10.9. The monoisotopic (exact) mass is 430 g/mol. The predicted octanol–water partition coefficient (Wildman–Crippen LogP) is 4.62. The van der Waals surface area contributed by atoms with Gasteiger partial charge in [-0.25, -0.2) is 4.79 Å². The normalized spacial score (nSPS) is 12.5. The van der Waals surface area contributed by atoms with Crippen molar-refractivity contribution in [2.75, 3.05) is 17.2 Å². The van der Waals surface area contributed by atoms with Crippen molar-refractivity contribution in [2.45, 2.75) is 12.8 Å². The molecular weight excluding hydrogens is 408 g/mol. The van der Waals surface area contributed by atoms with Crippen molar-refractivity contribution in [1.29, 1.82) is 0 Å².